The first-order chi connectivity index (χ1) is 9.43. The van der Waals surface area contributed by atoms with Crippen LogP contribution in [0.25, 0.3) is 0 Å². The summed E-state index contributed by atoms with van der Waals surface area (Å²) < 4.78 is 15.4. The minimum absolute atomic E-state index is 0.181. The molecule has 108 valence electrons. The highest BCUT2D eigenvalue weighted by atomic mass is 79.9. The van der Waals surface area contributed by atoms with Crippen LogP contribution in [0.15, 0.2) is 22.7 Å². The highest BCUT2D eigenvalue weighted by Gasteiger charge is 2.18. The van der Waals surface area contributed by atoms with Gasteiger partial charge in [0, 0.05) is 13.5 Å². The quantitative estimate of drug-likeness (QED) is 0.650. The van der Waals surface area contributed by atoms with Crippen LogP contribution < -0.4 is 11.3 Å². The third-order valence-corrected chi connectivity index (χ3v) is 4.31. The van der Waals surface area contributed by atoms with Crippen molar-refractivity contribution in [1.82, 2.24) is 15.2 Å². The van der Waals surface area contributed by atoms with Gasteiger partial charge in [-0.05, 0) is 40.5 Å². The van der Waals surface area contributed by atoms with Crippen LogP contribution in [-0.4, -0.2) is 9.78 Å². The van der Waals surface area contributed by atoms with Crippen LogP contribution in [0.5, 0.6) is 0 Å². The van der Waals surface area contributed by atoms with Gasteiger partial charge in [-0.15, -0.1) is 0 Å². The maximum atomic E-state index is 13.3. The van der Waals surface area contributed by atoms with E-state index in [4.69, 9.17) is 17.4 Å². The Morgan fingerprint density at radius 2 is 2.25 bits per heavy atom. The number of rotatable bonds is 4. The lowest BCUT2D eigenvalue weighted by atomic mass is 10.0. The smallest absolute Gasteiger partial charge is 0.137 e. The van der Waals surface area contributed by atoms with Crippen molar-refractivity contribution < 1.29 is 4.39 Å². The molecule has 0 radical (unpaired) electrons. The number of nitrogens with two attached hydrogens (primary N) is 1. The summed E-state index contributed by atoms with van der Waals surface area (Å²) in [7, 11) is 1.84. The molecule has 0 aliphatic carbocycles. The predicted molar refractivity (Wildman–Crippen MR) is 80.8 cm³/mol. The number of aryl methyl sites for hydroxylation is 2. The van der Waals surface area contributed by atoms with Gasteiger partial charge < -0.3 is 0 Å². The third-order valence-electron chi connectivity index (χ3n) is 3.21. The van der Waals surface area contributed by atoms with Crippen LogP contribution in [0.3, 0.4) is 0 Å². The first-order valence-corrected chi connectivity index (χ1v) is 7.20. The van der Waals surface area contributed by atoms with E-state index in [9.17, 15) is 4.39 Å². The molecular weight excluding hydrogens is 347 g/mol. The number of aromatic nitrogens is 2. The minimum Gasteiger partial charge on any atom is -0.271 e. The molecule has 0 bridgehead atoms. The molecule has 7 heteroatoms. The molecule has 0 amide bonds. The Bertz CT molecular complexity index is 629. The largest absolute Gasteiger partial charge is 0.271 e. The molecule has 1 atom stereocenters. The van der Waals surface area contributed by atoms with Gasteiger partial charge in [0.25, 0.3) is 0 Å². The molecule has 0 fully saturated rings. The molecule has 1 aromatic carbocycles. The zero-order chi connectivity index (χ0) is 14.9. The highest BCUT2D eigenvalue weighted by molar-refractivity contribution is 9.10. The topological polar surface area (TPSA) is 55.9 Å². The van der Waals surface area contributed by atoms with Crippen molar-refractivity contribution in [2.75, 3.05) is 0 Å². The molecule has 0 saturated carbocycles. The van der Waals surface area contributed by atoms with Gasteiger partial charge in [-0.1, -0.05) is 17.7 Å². The summed E-state index contributed by atoms with van der Waals surface area (Å²) in [5.74, 6) is 5.31. The van der Waals surface area contributed by atoms with Crippen molar-refractivity contribution >= 4 is 27.5 Å². The molecule has 0 aliphatic heterocycles. The van der Waals surface area contributed by atoms with Crippen LogP contribution in [0.2, 0.25) is 5.02 Å². The van der Waals surface area contributed by atoms with Gasteiger partial charge in [0.05, 0.1) is 26.9 Å². The average Bonchev–Trinajstić information content (AvgIpc) is 2.65. The minimum atomic E-state index is -0.307. The summed E-state index contributed by atoms with van der Waals surface area (Å²) in [6.45, 7) is 1.85. The van der Waals surface area contributed by atoms with E-state index in [0.29, 0.717) is 15.9 Å². The molecule has 0 spiro atoms. The number of benzene rings is 1. The maximum absolute atomic E-state index is 13.3. The van der Waals surface area contributed by atoms with Gasteiger partial charge in [-0.2, -0.15) is 5.10 Å². The normalized spacial score (nSPS) is 12.7. The van der Waals surface area contributed by atoms with Gasteiger partial charge in [0.1, 0.15) is 5.82 Å². The maximum Gasteiger partial charge on any atom is 0.137 e. The lowest BCUT2D eigenvalue weighted by Crippen LogP contribution is -2.30. The summed E-state index contributed by atoms with van der Waals surface area (Å²) in [6.07, 6.45) is 0.560. The summed E-state index contributed by atoms with van der Waals surface area (Å²) in [4.78, 5) is 0. The zero-order valence-electron chi connectivity index (χ0n) is 11.1. The van der Waals surface area contributed by atoms with E-state index in [1.165, 1.54) is 6.07 Å². The average molecular weight is 362 g/mol. The lowest BCUT2D eigenvalue weighted by Gasteiger charge is -2.17. The van der Waals surface area contributed by atoms with Crippen LogP contribution >= 0.6 is 27.5 Å². The Balaban J connectivity index is 2.31. The van der Waals surface area contributed by atoms with Crippen molar-refractivity contribution in [1.29, 1.82) is 0 Å². The molecule has 20 heavy (non-hydrogen) atoms. The Morgan fingerprint density at radius 1 is 1.55 bits per heavy atom. The molecule has 0 saturated heterocycles. The van der Waals surface area contributed by atoms with E-state index in [-0.39, 0.29) is 11.9 Å². The second kappa shape index (κ2) is 6.22. The molecule has 3 N–H and O–H groups in total. The Morgan fingerprint density at radius 3 is 2.75 bits per heavy atom. The van der Waals surface area contributed by atoms with E-state index >= 15 is 0 Å². The molecular formula is C13H15BrClFN4. The fourth-order valence-electron chi connectivity index (χ4n) is 2.10. The summed E-state index contributed by atoms with van der Waals surface area (Å²) in [5.41, 5.74) is 5.27. The molecule has 2 rings (SSSR count). The second-order valence-corrected chi connectivity index (χ2v) is 5.80. The molecule has 1 heterocycles. The number of hydrogen-bond donors (Lipinski definition) is 2. The second-order valence-electron chi connectivity index (χ2n) is 4.57. The van der Waals surface area contributed by atoms with Crippen LogP contribution in [0.4, 0.5) is 4.39 Å². The number of hydrazine groups is 1. The molecule has 1 unspecified atom stereocenters. The van der Waals surface area contributed by atoms with Crippen molar-refractivity contribution in [3.63, 3.8) is 0 Å². The van der Waals surface area contributed by atoms with Crippen molar-refractivity contribution in [3.05, 3.63) is 50.5 Å². The standard InChI is InChI=1S/C13H15BrClFN4/c1-7-13(15)12(20(2)19-7)6-11(18-17)8-3-4-10(16)9(14)5-8/h3-5,11,18H,6,17H2,1-2H3. The fourth-order valence-corrected chi connectivity index (χ4v) is 2.73. The molecule has 0 aliphatic rings. The third kappa shape index (κ3) is 3.03. The first-order valence-electron chi connectivity index (χ1n) is 6.03. The van der Waals surface area contributed by atoms with E-state index in [2.05, 4.69) is 26.5 Å². The predicted octanol–water partition coefficient (Wildman–Crippen LogP) is 3.03. The monoisotopic (exact) mass is 360 g/mol. The summed E-state index contributed by atoms with van der Waals surface area (Å²) in [5, 5.41) is 4.90. The number of nitrogens with zero attached hydrogens (tertiary/aromatic N) is 2. The Labute approximate surface area is 130 Å². The van der Waals surface area contributed by atoms with Crippen molar-refractivity contribution in [3.8, 4) is 0 Å². The number of halogens is 3. The lowest BCUT2D eigenvalue weighted by molar-refractivity contribution is 0.527. The van der Waals surface area contributed by atoms with E-state index in [1.54, 1.807) is 16.8 Å². The van der Waals surface area contributed by atoms with Crippen molar-refractivity contribution in [2.24, 2.45) is 12.9 Å². The van der Waals surface area contributed by atoms with Gasteiger partial charge in [0.15, 0.2) is 0 Å². The Kier molecular flexibility index (Phi) is 4.80. The molecule has 2 aromatic rings. The number of nitrogens with one attached hydrogen (secondary N) is 1. The fraction of sp³-hybridized carbons (Fsp3) is 0.308. The first kappa shape index (κ1) is 15.4. The van der Waals surface area contributed by atoms with Gasteiger partial charge in [0.2, 0.25) is 0 Å². The SMILES string of the molecule is Cc1nn(C)c(CC(NN)c2ccc(F)c(Br)c2)c1Cl. The van der Waals surface area contributed by atoms with E-state index in [0.717, 1.165) is 17.0 Å². The summed E-state index contributed by atoms with van der Waals surface area (Å²) in [6, 6.07) is 4.62. The van der Waals surface area contributed by atoms with Crippen LogP contribution in [-0.2, 0) is 13.5 Å². The van der Waals surface area contributed by atoms with Gasteiger partial charge in [-0.3, -0.25) is 16.0 Å². The van der Waals surface area contributed by atoms with Crippen molar-refractivity contribution in [2.45, 2.75) is 19.4 Å². The molecule has 1 aromatic heterocycles. The van der Waals surface area contributed by atoms with Gasteiger partial charge >= 0.3 is 0 Å². The summed E-state index contributed by atoms with van der Waals surface area (Å²) >= 11 is 9.41. The number of hydrogen-bond acceptors (Lipinski definition) is 3. The Hall–Kier alpha value is -0.950. The highest BCUT2D eigenvalue weighted by Crippen LogP contribution is 2.27. The molecule has 4 nitrogen and oxygen atoms in total. The van der Waals surface area contributed by atoms with Crippen LogP contribution in [0, 0.1) is 12.7 Å². The van der Waals surface area contributed by atoms with E-state index < -0.39 is 0 Å². The zero-order valence-corrected chi connectivity index (χ0v) is 13.5. The van der Waals surface area contributed by atoms with E-state index in [1.807, 2.05) is 14.0 Å². The van der Waals surface area contributed by atoms with Gasteiger partial charge in [-0.25, -0.2) is 4.39 Å². The van der Waals surface area contributed by atoms with Crippen LogP contribution in [0.1, 0.15) is 23.0 Å².